The summed E-state index contributed by atoms with van der Waals surface area (Å²) >= 11 is 0. The van der Waals surface area contributed by atoms with Gasteiger partial charge in [0.25, 0.3) is 5.92 Å². The first kappa shape index (κ1) is 17.4. The van der Waals surface area contributed by atoms with Gasteiger partial charge in [0, 0.05) is 39.6 Å². The van der Waals surface area contributed by atoms with Crippen LogP contribution in [0, 0.1) is 5.92 Å². The molecule has 0 atom stereocenters. The minimum absolute atomic E-state index is 0.294. The van der Waals surface area contributed by atoms with E-state index < -0.39 is 5.92 Å². The van der Waals surface area contributed by atoms with Crippen LogP contribution in [-0.4, -0.2) is 62.0 Å². The van der Waals surface area contributed by atoms with E-state index in [2.05, 4.69) is 36.0 Å². The van der Waals surface area contributed by atoms with E-state index in [0.717, 1.165) is 46.1 Å². The first-order chi connectivity index (χ1) is 9.26. The van der Waals surface area contributed by atoms with Crippen LogP contribution in [0.1, 0.15) is 27.2 Å². The fraction of sp³-hybridized carbons (Fsp3) is 0.867. The Hall–Kier alpha value is -0.680. The molecular formula is C15H29F2N3. The van der Waals surface area contributed by atoms with E-state index in [1.165, 1.54) is 5.57 Å². The second-order valence-electron chi connectivity index (χ2n) is 6.43. The summed E-state index contributed by atoms with van der Waals surface area (Å²) in [4.78, 5) is 4.72. The first-order valence-electron chi connectivity index (χ1n) is 7.46. The van der Waals surface area contributed by atoms with Gasteiger partial charge < -0.3 is 10.2 Å². The number of halogens is 2. The third-order valence-corrected chi connectivity index (χ3v) is 3.41. The summed E-state index contributed by atoms with van der Waals surface area (Å²) in [6.45, 7) is 10.1. The van der Waals surface area contributed by atoms with Crippen molar-refractivity contribution in [1.29, 1.82) is 0 Å². The normalized spacial score (nSPS) is 19.6. The standard InChI is InChI=1S/C15H29F2N3/c1-13(2)9-14(10-18-12-15(3,16)17)11-20-7-5-19(4)6-8-20/h10,13,18H,5-9,11-12H2,1-4H3/b14-10+. The van der Waals surface area contributed by atoms with Gasteiger partial charge in [0.15, 0.2) is 0 Å². The SMILES string of the molecule is CC(C)C/C(=C\NCC(C)(F)F)CN1CCN(C)CC1. The molecule has 3 nitrogen and oxygen atoms in total. The summed E-state index contributed by atoms with van der Waals surface area (Å²) in [5, 5.41) is 2.78. The third-order valence-electron chi connectivity index (χ3n) is 3.41. The average molecular weight is 289 g/mol. The van der Waals surface area contributed by atoms with E-state index in [1.54, 1.807) is 6.20 Å². The molecule has 1 aliphatic rings. The number of piperazine rings is 1. The molecule has 1 heterocycles. The van der Waals surface area contributed by atoms with Gasteiger partial charge in [-0.1, -0.05) is 13.8 Å². The van der Waals surface area contributed by atoms with Gasteiger partial charge in [0.05, 0.1) is 6.54 Å². The van der Waals surface area contributed by atoms with E-state index in [9.17, 15) is 8.78 Å². The average Bonchev–Trinajstić information content (AvgIpc) is 2.29. The molecule has 1 aliphatic heterocycles. The van der Waals surface area contributed by atoms with Crippen molar-refractivity contribution in [2.24, 2.45) is 5.92 Å². The number of hydrogen-bond donors (Lipinski definition) is 1. The highest BCUT2D eigenvalue weighted by atomic mass is 19.3. The molecule has 1 saturated heterocycles. The molecule has 0 radical (unpaired) electrons. The molecule has 0 aliphatic carbocycles. The maximum atomic E-state index is 12.8. The predicted molar refractivity (Wildman–Crippen MR) is 80.1 cm³/mol. The molecule has 5 heteroatoms. The highest BCUT2D eigenvalue weighted by molar-refractivity contribution is 5.05. The number of hydrogen-bond acceptors (Lipinski definition) is 3. The highest BCUT2D eigenvalue weighted by Crippen LogP contribution is 2.14. The molecule has 20 heavy (non-hydrogen) atoms. The van der Waals surface area contributed by atoms with Gasteiger partial charge in [-0.15, -0.1) is 0 Å². The van der Waals surface area contributed by atoms with Crippen LogP contribution in [0.3, 0.4) is 0 Å². The van der Waals surface area contributed by atoms with Crippen LogP contribution in [-0.2, 0) is 0 Å². The van der Waals surface area contributed by atoms with Crippen molar-refractivity contribution >= 4 is 0 Å². The van der Waals surface area contributed by atoms with Gasteiger partial charge in [0.2, 0.25) is 0 Å². The summed E-state index contributed by atoms with van der Waals surface area (Å²) in [5.74, 6) is -2.12. The van der Waals surface area contributed by atoms with E-state index >= 15 is 0 Å². The van der Waals surface area contributed by atoms with Crippen molar-refractivity contribution in [3.8, 4) is 0 Å². The Bertz CT molecular complexity index is 303. The van der Waals surface area contributed by atoms with Crippen LogP contribution in [0.5, 0.6) is 0 Å². The molecule has 0 aromatic heterocycles. The summed E-state index contributed by atoms with van der Waals surface area (Å²) in [7, 11) is 2.13. The lowest BCUT2D eigenvalue weighted by molar-refractivity contribution is 0.0259. The van der Waals surface area contributed by atoms with Crippen molar-refractivity contribution in [2.75, 3.05) is 46.3 Å². The van der Waals surface area contributed by atoms with Gasteiger partial charge in [-0.3, -0.25) is 4.90 Å². The van der Waals surface area contributed by atoms with Crippen LogP contribution in [0.15, 0.2) is 11.8 Å². The van der Waals surface area contributed by atoms with E-state index in [-0.39, 0.29) is 6.54 Å². The number of nitrogens with zero attached hydrogens (tertiary/aromatic N) is 2. The molecule has 1 N–H and O–H groups in total. The van der Waals surface area contributed by atoms with E-state index in [4.69, 9.17) is 0 Å². The van der Waals surface area contributed by atoms with Crippen molar-refractivity contribution in [1.82, 2.24) is 15.1 Å². The number of nitrogens with one attached hydrogen (secondary N) is 1. The summed E-state index contributed by atoms with van der Waals surface area (Å²) in [6.07, 6.45) is 2.75. The van der Waals surface area contributed by atoms with Gasteiger partial charge in [0.1, 0.15) is 0 Å². The third kappa shape index (κ3) is 7.80. The molecule has 0 bridgehead atoms. The fourth-order valence-electron chi connectivity index (χ4n) is 2.36. The molecule has 1 rings (SSSR count). The summed E-state index contributed by atoms with van der Waals surface area (Å²) in [6, 6.07) is 0. The Morgan fingerprint density at radius 2 is 1.85 bits per heavy atom. The molecule has 0 amide bonds. The van der Waals surface area contributed by atoms with Crippen molar-refractivity contribution in [3.05, 3.63) is 11.8 Å². The van der Waals surface area contributed by atoms with Crippen LogP contribution < -0.4 is 5.32 Å². The lowest BCUT2D eigenvalue weighted by atomic mass is 10.0. The van der Waals surface area contributed by atoms with Gasteiger partial charge in [-0.05, 0) is 31.2 Å². The largest absolute Gasteiger partial charge is 0.385 e. The zero-order valence-electron chi connectivity index (χ0n) is 13.3. The molecule has 0 unspecified atom stereocenters. The summed E-state index contributed by atoms with van der Waals surface area (Å²) < 4.78 is 25.7. The van der Waals surface area contributed by atoms with Crippen molar-refractivity contribution in [2.45, 2.75) is 33.1 Å². The monoisotopic (exact) mass is 289 g/mol. The number of likely N-dealkylation sites (N-methyl/N-ethyl adjacent to an activating group) is 1. The molecule has 0 spiro atoms. The smallest absolute Gasteiger partial charge is 0.262 e. The zero-order chi connectivity index (χ0) is 15.2. The Kier molecular flexibility index (Phi) is 6.89. The topological polar surface area (TPSA) is 18.5 Å². The molecule has 0 aromatic rings. The quantitative estimate of drug-likeness (QED) is 0.776. The van der Waals surface area contributed by atoms with Gasteiger partial charge in [-0.2, -0.15) is 0 Å². The van der Waals surface area contributed by atoms with Crippen molar-refractivity contribution in [3.63, 3.8) is 0 Å². The van der Waals surface area contributed by atoms with E-state index in [1.807, 2.05) is 0 Å². The first-order valence-corrected chi connectivity index (χ1v) is 7.46. The zero-order valence-corrected chi connectivity index (χ0v) is 13.3. The Balaban J connectivity index is 2.48. The molecule has 0 aromatic carbocycles. The Morgan fingerprint density at radius 1 is 1.25 bits per heavy atom. The van der Waals surface area contributed by atoms with Crippen LogP contribution in [0.25, 0.3) is 0 Å². The van der Waals surface area contributed by atoms with E-state index in [0.29, 0.717) is 5.92 Å². The van der Waals surface area contributed by atoms with Gasteiger partial charge in [-0.25, -0.2) is 8.78 Å². The fourth-order valence-corrected chi connectivity index (χ4v) is 2.36. The second kappa shape index (κ2) is 7.93. The summed E-state index contributed by atoms with van der Waals surface area (Å²) in [5.41, 5.74) is 1.22. The maximum absolute atomic E-state index is 12.8. The lowest BCUT2D eigenvalue weighted by Crippen LogP contribution is -2.45. The molecular weight excluding hydrogens is 260 g/mol. The lowest BCUT2D eigenvalue weighted by Gasteiger charge is -2.33. The Morgan fingerprint density at radius 3 is 2.35 bits per heavy atom. The van der Waals surface area contributed by atoms with Crippen LogP contribution in [0.2, 0.25) is 0 Å². The number of rotatable bonds is 7. The second-order valence-corrected chi connectivity index (χ2v) is 6.43. The molecule has 0 saturated carbocycles. The Labute approximate surface area is 122 Å². The molecule has 1 fully saturated rings. The maximum Gasteiger partial charge on any atom is 0.262 e. The van der Waals surface area contributed by atoms with Gasteiger partial charge >= 0.3 is 0 Å². The number of alkyl halides is 2. The minimum Gasteiger partial charge on any atom is -0.385 e. The van der Waals surface area contributed by atoms with Crippen molar-refractivity contribution < 1.29 is 8.78 Å². The molecule has 118 valence electrons. The predicted octanol–water partition coefficient (Wildman–Crippen LogP) is 2.41. The highest BCUT2D eigenvalue weighted by Gasteiger charge is 2.20. The minimum atomic E-state index is -2.66. The van der Waals surface area contributed by atoms with Crippen LogP contribution in [0.4, 0.5) is 8.78 Å². The van der Waals surface area contributed by atoms with Crippen LogP contribution >= 0.6 is 0 Å².